The molecule has 0 spiro atoms. The summed E-state index contributed by atoms with van der Waals surface area (Å²) in [5, 5.41) is 18.7. The molecule has 2 aromatic rings. The van der Waals surface area contributed by atoms with Gasteiger partial charge in [-0.2, -0.15) is 0 Å². The van der Waals surface area contributed by atoms with E-state index in [0.717, 1.165) is 0 Å². The second-order valence-electron chi connectivity index (χ2n) is 5.51. The van der Waals surface area contributed by atoms with Crippen LogP contribution in [0, 0.1) is 11.3 Å². The molecular formula is C18H19N3O4. The van der Waals surface area contributed by atoms with Gasteiger partial charge in [0, 0.05) is 17.7 Å². The number of hydrogen-bond donors (Lipinski definition) is 4. The number of carboxylic acids is 1. The highest BCUT2D eigenvalue weighted by molar-refractivity contribution is 5.95. The highest BCUT2D eigenvalue weighted by Crippen LogP contribution is 2.22. The Kier molecular flexibility index (Phi) is 5.73. The number of hydrogen-bond acceptors (Lipinski definition) is 4. The minimum atomic E-state index is -0.958. The normalized spacial score (nSPS) is 11.4. The third-order valence-electron chi connectivity index (χ3n) is 3.51. The molecule has 2 rings (SSSR count). The molecular weight excluding hydrogens is 322 g/mol. The zero-order valence-electron chi connectivity index (χ0n) is 13.7. The first-order valence-corrected chi connectivity index (χ1v) is 7.60. The summed E-state index contributed by atoms with van der Waals surface area (Å²) in [7, 11) is 0. The SMILES string of the molecule is C[C@@H](CNC(=O)c1ccc(Oc2ccc(C(=N)N)cc2)cc1)C(=O)O. The van der Waals surface area contributed by atoms with Crippen molar-refractivity contribution in [2.75, 3.05) is 6.54 Å². The van der Waals surface area contributed by atoms with E-state index in [0.29, 0.717) is 22.6 Å². The van der Waals surface area contributed by atoms with E-state index in [4.69, 9.17) is 21.0 Å². The van der Waals surface area contributed by atoms with Gasteiger partial charge in [-0.3, -0.25) is 15.0 Å². The van der Waals surface area contributed by atoms with Crippen LogP contribution < -0.4 is 15.8 Å². The number of benzene rings is 2. The molecule has 0 saturated carbocycles. The lowest BCUT2D eigenvalue weighted by Crippen LogP contribution is -2.31. The summed E-state index contributed by atoms with van der Waals surface area (Å²) in [4.78, 5) is 22.7. The fraction of sp³-hybridized carbons (Fsp3) is 0.167. The summed E-state index contributed by atoms with van der Waals surface area (Å²) in [5.74, 6) is -0.836. The third kappa shape index (κ3) is 5.07. The van der Waals surface area contributed by atoms with Gasteiger partial charge in [0.1, 0.15) is 17.3 Å². The Morgan fingerprint density at radius 2 is 1.56 bits per heavy atom. The van der Waals surface area contributed by atoms with Gasteiger partial charge in [0.2, 0.25) is 0 Å². The quantitative estimate of drug-likeness (QED) is 0.454. The van der Waals surface area contributed by atoms with Gasteiger partial charge in [0.05, 0.1) is 5.92 Å². The van der Waals surface area contributed by atoms with Gasteiger partial charge in [0.15, 0.2) is 0 Å². The molecule has 0 fully saturated rings. The maximum atomic E-state index is 12.0. The molecule has 25 heavy (non-hydrogen) atoms. The van der Waals surface area contributed by atoms with Crippen LogP contribution in [-0.2, 0) is 4.79 Å². The van der Waals surface area contributed by atoms with Crippen LogP contribution in [0.5, 0.6) is 11.5 Å². The molecule has 0 bridgehead atoms. The highest BCUT2D eigenvalue weighted by Gasteiger charge is 2.13. The third-order valence-corrected chi connectivity index (χ3v) is 3.51. The van der Waals surface area contributed by atoms with Crippen molar-refractivity contribution < 1.29 is 19.4 Å². The average molecular weight is 341 g/mol. The monoisotopic (exact) mass is 341 g/mol. The van der Waals surface area contributed by atoms with Crippen LogP contribution in [0.4, 0.5) is 0 Å². The molecule has 0 radical (unpaired) electrons. The van der Waals surface area contributed by atoms with E-state index in [9.17, 15) is 9.59 Å². The molecule has 1 atom stereocenters. The Labute approximate surface area is 144 Å². The Bertz CT molecular complexity index is 770. The van der Waals surface area contributed by atoms with E-state index >= 15 is 0 Å². The van der Waals surface area contributed by atoms with Crippen molar-refractivity contribution in [1.29, 1.82) is 5.41 Å². The molecule has 0 aliphatic heterocycles. The number of nitrogen functional groups attached to an aromatic ring is 1. The van der Waals surface area contributed by atoms with Gasteiger partial charge in [0.25, 0.3) is 5.91 Å². The van der Waals surface area contributed by atoms with Crippen LogP contribution >= 0.6 is 0 Å². The van der Waals surface area contributed by atoms with Crippen LogP contribution in [0.1, 0.15) is 22.8 Å². The second-order valence-corrected chi connectivity index (χ2v) is 5.51. The second kappa shape index (κ2) is 7.96. The molecule has 1 amide bonds. The molecule has 130 valence electrons. The maximum Gasteiger partial charge on any atom is 0.308 e. The smallest absolute Gasteiger partial charge is 0.308 e. The molecule has 0 unspecified atom stereocenters. The van der Waals surface area contributed by atoms with E-state index in [-0.39, 0.29) is 18.3 Å². The summed E-state index contributed by atoms with van der Waals surface area (Å²) < 4.78 is 5.66. The fourth-order valence-corrected chi connectivity index (χ4v) is 1.95. The minimum Gasteiger partial charge on any atom is -0.481 e. The van der Waals surface area contributed by atoms with Gasteiger partial charge >= 0.3 is 5.97 Å². The van der Waals surface area contributed by atoms with Crippen molar-refractivity contribution >= 4 is 17.7 Å². The Hall–Kier alpha value is -3.35. The summed E-state index contributed by atoms with van der Waals surface area (Å²) >= 11 is 0. The number of ether oxygens (including phenoxy) is 1. The predicted molar refractivity (Wildman–Crippen MR) is 93.1 cm³/mol. The molecule has 0 aliphatic carbocycles. The Morgan fingerprint density at radius 3 is 2.00 bits per heavy atom. The van der Waals surface area contributed by atoms with E-state index < -0.39 is 11.9 Å². The van der Waals surface area contributed by atoms with Crippen molar-refractivity contribution in [2.45, 2.75) is 6.92 Å². The number of carboxylic acid groups (broad SMARTS) is 1. The van der Waals surface area contributed by atoms with Crippen LogP contribution in [-0.4, -0.2) is 29.4 Å². The minimum absolute atomic E-state index is 0.0147. The standard InChI is InChI=1S/C18H19N3O4/c1-11(18(23)24)10-21-17(22)13-4-8-15(9-5-13)25-14-6-2-12(3-7-14)16(19)20/h2-9,11H,10H2,1H3,(H3,19,20)(H,21,22)(H,23,24)/t11-/m0/s1. The van der Waals surface area contributed by atoms with E-state index in [2.05, 4.69) is 5.32 Å². The highest BCUT2D eigenvalue weighted by atomic mass is 16.5. The van der Waals surface area contributed by atoms with Crippen LogP contribution in [0.15, 0.2) is 48.5 Å². The number of nitrogens with one attached hydrogen (secondary N) is 2. The largest absolute Gasteiger partial charge is 0.481 e. The lowest BCUT2D eigenvalue weighted by molar-refractivity contribution is -0.140. The van der Waals surface area contributed by atoms with Crippen molar-refractivity contribution in [2.24, 2.45) is 11.7 Å². The summed E-state index contributed by atoms with van der Waals surface area (Å²) in [6, 6.07) is 13.3. The number of rotatable bonds is 7. The molecule has 2 aromatic carbocycles. The molecule has 7 nitrogen and oxygen atoms in total. The van der Waals surface area contributed by atoms with Crippen molar-refractivity contribution in [3.8, 4) is 11.5 Å². The zero-order chi connectivity index (χ0) is 18.4. The van der Waals surface area contributed by atoms with Crippen molar-refractivity contribution in [1.82, 2.24) is 5.32 Å². The predicted octanol–water partition coefficient (Wildman–Crippen LogP) is 2.21. The molecule has 0 aromatic heterocycles. The number of amides is 1. The molecule has 0 aliphatic rings. The van der Waals surface area contributed by atoms with Gasteiger partial charge in [-0.15, -0.1) is 0 Å². The van der Waals surface area contributed by atoms with Gasteiger partial charge in [-0.1, -0.05) is 6.92 Å². The first kappa shape index (κ1) is 18.0. The van der Waals surface area contributed by atoms with Crippen molar-refractivity contribution in [3.05, 3.63) is 59.7 Å². The number of amidine groups is 1. The van der Waals surface area contributed by atoms with Gasteiger partial charge in [-0.05, 0) is 48.5 Å². The first-order chi connectivity index (χ1) is 11.9. The van der Waals surface area contributed by atoms with E-state index in [1.54, 1.807) is 48.5 Å². The fourth-order valence-electron chi connectivity index (χ4n) is 1.95. The van der Waals surface area contributed by atoms with Crippen LogP contribution in [0.2, 0.25) is 0 Å². The molecule has 5 N–H and O–H groups in total. The lowest BCUT2D eigenvalue weighted by atomic mass is 10.1. The van der Waals surface area contributed by atoms with E-state index in [1.807, 2.05) is 0 Å². The molecule has 7 heteroatoms. The number of carbonyl (C=O) groups is 2. The molecule has 0 saturated heterocycles. The maximum absolute atomic E-state index is 12.0. The lowest BCUT2D eigenvalue weighted by Gasteiger charge is -2.10. The van der Waals surface area contributed by atoms with E-state index in [1.165, 1.54) is 6.92 Å². The Balaban J connectivity index is 1.96. The number of carbonyl (C=O) groups excluding carboxylic acids is 1. The average Bonchev–Trinajstić information content (AvgIpc) is 2.60. The Morgan fingerprint density at radius 1 is 1.08 bits per heavy atom. The number of nitrogens with two attached hydrogens (primary N) is 1. The van der Waals surface area contributed by atoms with Crippen molar-refractivity contribution in [3.63, 3.8) is 0 Å². The summed E-state index contributed by atoms with van der Waals surface area (Å²) in [6.07, 6.45) is 0. The zero-order valence-corrected chi connectivity index (χ0v) is 13.7. The summed E-state index contributed by atoms with van der Waals surface area (Å²) in [6.45, 7) is 1.59. The van der Waals surface area contributed by atoms with Crippen LogP contribution in [0.25, 0.3) is 0 Å². The van der Waals surface area contributed by atoms with Crippen LogP contribution in [0.3, 0.4) is 0 Å². The first-order valence-electron chi connectivity index (χ1n) is 7.60. The number of aliphatic carboxylic acids is 1. The molecule has 0 heterocycles. The summed E-state index contributed by atoms with van der Waals surface area (Å²) in [5.41, 5.74) is 6.41. The van der Waals surface area contributed by atoms with Gasteiger partial charge in [-0.25, -0.2) is 0 Å². The van der Waals surface area contributed by atoms with Gasteiger partial charge < -0.3 is 20.9 Å². The topological polar surface area (TPSA) is 126 Å².